The van der Waals surface area contributed by atoms with E-state index in [-0.39, 0.29) is 0 Å². The van der Waals surface area contributed by atoms with E-state index in [1.807, 2.05) is 0 Å². The first-order valence-corrected chi connectivity index (χ1v) is 10.1. The highest BCUT2D eigenvalue weighted by molar-refractivity contribution is 5.52. The van der Waals surface area contributed by atoms with Crippen molar-refractivity contribution in [3.05, 3.63) is 29.8 Å². The maximum absolute atomic E-state index is 9.32. The van der Waals surface area contributed by atoms with Crippen LogP contribution in [0, 0.1) is 11.8 Å². The van der Waals surface area contributed by atoms with Crippen molar-refractivity contribution in [1.29, 1.82) is 0 Å². The zero-order valence-electron chi connectivity index (χ0n) is 16.0. The molecule has 2 heterocycles. The molecular formula is C21H35N3O. The number of aliphatic hydroxyl groups is 1. The molecular weight excluding hydrogens is 310 g/mol. The highest BCUT2D eigenvalue weighted by atomic mass is 16.3. The number of rotatable bonds is 6. The van der Waals surface area contributed by atoms with Crippen LogP contribution in [0.25, 0.3) is 0 Å². The Morgan fingerprint density at radius 3 is 2.48 bits per heavy atom. The molecule has 1 aromatic rings. The summed E-state index contributed by atoms with van der Waals surface area (Å²) in [6, 6.07) is 9.39. The minimum absolute atomic E-state index is 0.348. The molecule has 0 aliphatic carbocycles. The fraction of sp³-hybridized carbons (Fsp3) is 0.714. The van der Waals surface area contributed by atoms with E-state index in [1.165, 1.54) is 30.8 Å². The number of hydrogen-bond acceptors (Lipinski definition) is 4. The van der Waals surface area contributed by atoms with E-state index >= 15 is 0 Å². The van der Waals surface area contributed by atoms with Crippen molar-refractivity contribution in [2.45, 2.75) is 45.7 Å². The van der Waals surface area contributed by atoms with Crippen molar-refractivity contribution in [1.82, 2.24) is 9.80 Å². The summed E-state index contributed by atoms with van der Waals surface area (Å²) < 4.78 is 0. The molecule has 3 rings (SSSR count). The van der Waals surface area contributed by atoms with Crippen molar-refractivity contribution in [2.24, 2.45) is 11.8 Å². The first kappa shape index (κ1) is 18.7. The van der Waals surface area contributed by atoms with Crippen LogP contribution >= 0.6 is 0 Å². The van der Waals surface area contributed by atoms with Crippen molar-refractivity contribution in [2.75, 3.05) is 44.6 Å². The molecule has 0 spiro atoms. The molecule has 4 heteroatoms. The predicted molar refractivity (Wildman–Crippen MR) is 105 cm³/mol. The lowest BCUT2D eigenvalue weighted by molar-refractivity contribution is 0.127. The molecule has 0 aromatic heterocycles. The highest BCUT2D eigenvalue weighted by Crippen LogP contribution is 2.26. The summed E-state index contributed by atoms with van der Waals surface area (Å²) in [6.07, 6.45) is 3.47. The van der Waals surface area contributed by atoms with Gasteiger partial charge in [-0.1, -0.05) is 32.0 Å². The van der Waals surface area contributed by atoms with Gasteiger partial charge in [-0.05, 0) is 62.4 Å². The van der Waals surface area contributed by atoms with Gasteiger partial charge in [0.05, 0.1) is 0 Å². The fourth-order valence-electron chi connectivity index (χ4n) is 4.30. The third-order valence-corrected chi connectivity index (χ3v) is 6.15. The maximum atomic E-state index is 9.32. The molecule has 2 atom stereocenters. The van der Waals surface area contributed by atoms with Gasteiger partial charge in [-0.3, -0.25) is 4.90 Å². The number of aliphatic hydroxyl groups excluding tert-OH is 1. The molecule has 2 aliphatic rings. The molecule has 0 unspecified atom stereocenters. The number of piperidine rings is 2. The van der Waals surface area contributed by atoms with Crippen LogP contribution in [-0.4, -0.2) is 60.3 Å². The summed E-state index contributed by atoms with van der Waals surface area (Å²) in [5.41, 5.74) is 2.73. The number of nitrogens with zero attached hydrogens (tertiary/aromatic N) is 2. The molecule has 1 aromatic carbocycles. The Kier molecular flexibility index (Phi) is 6.74. The summed E-state index contributed by atoms with van der Waals surface area (Å²) in [6.45, 7) is 11.8. The summed E-state index contributed by atoms with van der Waals surface area (Å²) in [7, 11) is 0. The van der Waals surface area contributed by atoms with Gasteiger partial charge in [0, 0.05) is 38.0 Å². The van der Waals surface area contributed by atoms with Gasteiger partial charge >= 0.3 is 0 Å². The van der Waals surface area contributed by atoms with Gasteiger partial charge in [0.25, 0.3) is 0 Å². The number of hydrogen-bond donors (Lipinski definition) is 2. The molecule has 0 radical (unpaired) electrons. The molecule has 2 aliphatic heterocycles. The van der Waals surface area contributed by atoms with Gasteiger partial charge in [0.1, 0.15) is 0 Å². The smallest absolute Gasteiger partial charge is 0.0460 e. The van der Waals surface area contributed by atoms with Crippen LogP contribution in [0.2, 0.25) is 0 Å². The average molecular weight is 346 g/mol. The Morgan fingerprint density at radius 1 is 1.08 bits per heavy atom. The minimum atomic E-state index is 0.348. The Morgan fingerprint density at radius 2 is 1.80 bits per heavy atom. The van der Waals surface area contributed by atoms with Crippen molar-refractivity contribution in [3.8, 4) is 0 Å². The van der Waals surface area contributed by atoms with E-state index in [0.717, 1.165) is 39.0 Å². The lowest BCUT2D eigenvalue weighted by atomic mass is 9.93. The molecule has 2 saturated heterocycles. The monoisotopic (exact) mass is 345 g/mol. The van der Waals surface area contributed by atoms with Crippen LogP contribution in [0.5, 0.6) is 0 Å². The minimum Gasteiger partial charge on any atom is -0.396 e. The third-order valence-electron chi connectivity index (χ3n) is 6.15. The van der Waals surface area contributed by atoms with Gasteiger partial charge in [-0.2, -0.15) is 0 Å². The topological polar surface area (TPSA) is 38.7 Å². The first-order valence-electron chi connectivity index (χ1n) is 10.1. The van der Waals surface area contributed by atoms with Crippen LogP contribution in [-0.2, 0) is 6.54 Å². The largest absolute Gasteiger partial charge is 0.396 e. The Bertz CT molecular complexity index is 528. The Labute approximate surface area is 153 Å². The van der Waals surface area contributed by atoms with Crippen molar-refractivity contribution < 1.29 is 5.11 Å². The molecule has 2 fully saturated rings. The number of benzene rings is 1. The van der Waals surface area contributed by atoms with Gasteiger partial charge in [0.2, 0.25) is 0 Å². The normalized spacial score (nSPS) is 26.7. The zero-order chi connectivity index (χ0) is 17.6. The molecule has 2 N–H and O–H groups in total. The van der Waals surface area contributed by atoms with E-state index in [0.29, 0.717) is 24.5 Å². The van der Waals surface area contributed by atoms with Gasteiger partial charge in [0.15, 0.2) is 0 Å². The lowest BCUT2D eigenvalue weighted by Crippen LogP contribution is -2.45. The summed E-state index contributed by atoms with van der Waals surface area (Å²) in [5.74, 6) is 1.19. The second-order valence-electron chi connectivity index (χ2n) is 7.97. The first-order chi connectivity index (χ1) is 12.2. The Hall–Kier alpha value is -1.10. The number of nitrogens with one attached hydrogen (secondary N) is 1. The SMILES string of the molecule is CCN1CC[C@H](Nc2ccccc2CN2CCC(CO)CC2)[C@@H](C)C1. The van der Waals surface area contributed by atoms with Gasteiger partial charge < -0.3 is 15.3 Å². The fourth-order valence-corrected chi connectivity index (χ4v) is 4.30. The van der Waals surface area contributed by atoms with Crippen LogP contribution < -0.4 is 5.32 Å². The summed E-state index contributed by atoms with van der Waals surface area (Å²) in [5, 5.41) is 13.2. The third kappa shape index (κ3) is 4.96. The second-order valence-corrected chi connectivity index (χ2v) is 7.97. The predicted octanol–water partition coefficient (Wildman–Crippen LogP) is 3.03. The molecule has 0 amide bonds. The standard InChI is InChI=1S/C21H35N3O/c1-3-23-13-10-20(17(2)14-23)22-21-7-5-4-6-19(21)15-24-11-8-18(16-25)9-12-24/h4-7,17-18,20,22,25H,3,8-16H2,1-2H3/t17-,20-/m0/s1. The van der Waals surface area contributed by atoms with Crippen molar-refractivity contribution in [3.63, 3.8) is 0 Å². The molecule has 0 saturated carbocycles. The molecule has 0 bridgehead atoms. The number of para-hydroxylation sites is 1. The van der Waals surface area contributed by atoms with Gasteiger partial charge in [-0.15, -0.1) is 0 Å². The quantitative estimate of drug-likeness (QED) is 0.831. The average Bonchev–Trinajstić information content (AvgIpc) is 2.65. The zero-order valence-corrected chi connectivity index (χ0v) is 16.0. The summed E-state index contributed by atoms with van der Waals surface area (Å²) >= 11 is 0. The number of likely N-dealkylation sites (tertiary alicyclic amines) is 2. The lowest BCUT2D eigenvalue weighted by Gasteiger charge is -2.38. The molecule has 140 valence electrons. The second kappa shape index (κ2) is 9.02. The Balaban J connectivity index is 1.59. The van der Waals surface area contributed by atoms with Crippen LogP contribution in [0.15, 0.2) is 24.3 Å². The van der Waals surface area contributed by atoms with Crippen LogP contribution in [0.3, 0.4) is 0 Å². The van der Waals surface area contributed by atoms with Crippen LogP contribution in [0.4, 0.5) is 5.69 Å². The van der Waals surface area contributed by atoms with E-state index in [4.69, 9.17) is 0 Å². The maximum Gasteiger partial charge on any atom is 0.0460 e. The molecule has 25 heavy (non-hydrogen) atoms. The van der Waals surface area contributed by atoms with E-state index in [2.05, 4.69) is 53.2 Å². The molecule has 4 nitrogen and oxygen atoms in total. The van der Waals surface area contributed by atoms with Crippen LogP contribution in [0.1, 0.15) is 38.7 Å². The highest BCUT2D eigenvalue weighted by Gasteiger charge is 2.26. The van der Waals surface area contributed by atoms with Gasteiger partial charge in [-0.25, -0.2) is 0 Å². The summed E-state index contributed by atoms with van der Waals surface area (Å²) in [4.78, 5) is 5.09. The van der Waals surface area contributed by atoms with Crippen molar-refractivity contribution >= 4 is 5.69 Å². The van der Waals surface area contributed by atoms with E-state index < -0.39 is 0 Å². The van der Waals surface area contributed by atoms with E-state index in [9.17, 15) is 5.11 Å². The van der Waals surface area contributed by atoms with E-state index in [1.54, 1.807) is 0 Å². The number of anilines is 1.